The zero-order chi connectivity index (χ0) is 23.1. The van der Waals surface area contributed by atoms with Gasteiger partial charge in [0.25, 0.3) is 0 Å². The van der Waals surface area contributed by atoms with Gasteiger partial charge in [-0.1, -0.05) is 57.0 Å². The van der Waals surface area contributed by atoms with Gasteiger partial charge in [-0.25, -0.2) is 19.4 Å². The Morgan fingerprint density at radius 1 is 1.09 bits per heavy atom. The Bertz CT molecular complexity index is 1050. The third-order valence-electron chi connectivity index (χ3n) is 5.25. The number of unbranched alkanes of at least 4 members (excludes halogenated alkanes) is 2. The third-order valence-corrected chi connectivity index (χ3v) is 5.25. The van der Waals surface area contributed by atoms with Crippen LogP contribution < -0.4 is 0 Å². The standard InChI is InChI=1S/C24H28F2N4O2/c1-3-5-6-15-30-20(28-23(29-30)24(25,26)13-4-2)16-17-9-11-18(12-10-17)19-8-7-14-27-21(19)22(31)32/h7-12,14H,3-6,13,15-16H2,1-2H3,(H,31,32). The molecular formula is C24H28F2N4O2. The van der Waals surface area contributed by atoms with Crippen molar-refractivity contribution in [3.05, 3.63) is 65.5 Å². The summed E-state index contributed by atoms with van der Waals surface area (Å²) in [6, 6.07) is 10.7. The van der Waals surface area contributed by atoms with Crippen molar-refractivity contribution in [3.8, 4) is 11.1 Å². The van der Waals surface area contributed by atoms with Crippen molar-refractivity contribution in [2.24, 2.45) is 0 Å². The van der Waals surface area contributed by atoms with Crippen molar-refractivity contribution in [3.63, 3.8) is 0 Å². The summed E-state index contributed by atoms with van der Waals surface area (Å²) in [5, 5.41) is 13.5. The fourth-order valence-electron chi connectivity index (χ4n) is 3.57. The Morgan fingerprint density at radius 2 is 1.84 bits per heavy atom. The fraction of sp³-hybridized carbons (Fsp3) is 0.417. The van der Waals surface area contributed by atoms with Gasteiger partial charge in [-0.3, -0.25) is 0 Å². The first kappa shape index (κ1) is 23.5. The van der Waals surface area contributed by atoms with Gasteiger partial charge in [0, 0.05) is 31.1 Å². The molecule has 0 bridgehead atoms. The number of aromatic carboxylic acids is 1. The Hall–Kier alpha value is -3.16. The molecule has 3 aromatic rings. The van der Waals surface area contributed by atoms with Crippen LogP contribution in [0.5, 0.6) is 0 Å². The maximum atomic E-state index is 14.4. The molecule has 0 spiro atoms. The van der Waals surface area contributed by atoms with Gasteiger partial charge in [-0.2, -0.15) is 8.78 Å². The summed E-state index contributed by atoms with van der Waals surface area (Å²) in [5.41, 5.74) is 2.11. The monoisotopic (exact) mass is 442 g/mol. The Balaban J connectivity index is 1.86. The van der Waals surface area contributed by atoms with Crippen molar-refractivity contribution >= 4 is 5.97 Å². The van der Waals surface area contributed by atoms with E-state index in [1.54, 1.807) is 23.7 Å². The molecular weight excluding hydrogens is 414 g/mol. The molecule has 32 heavy (non-hydrogen) atoms. The van der Waals surface area contributed by atoms with Crippen molar-refractivity contribution in [1.82, 2.24) is 19.7 Å². The molecule has 2 aromatic heterocycles. The van der Waals surface area contributed by atoms with E-state index in [-0.39, 0.29) is 12.1 Å². The Labute approximate surface area is 186 Å². The molecule has 0 saturated heterocycles. The number of rotatable bonds is 11. The highest BCUT2D eigenvalue weighted by molar-refractivity contribution is 5.93. The van der Waals surface area contributed by atoms with E-state index in [0.717, 1.165) is 30.4 Å². The van der Waals surface area contributed by atoms with Gasteiger partial charge in [0.2, 0.25) is 5.82 Å². The first-order valence-corrected chi connectivity index (χ1v) is 10.9. The van der Waals surface area contributed by atoms with E-state index >= 15 is 0 Å². The summed E-state index contributed by atoms with van der Waals surface area (Å²) in [6.45, 7) is 4.35. The molecule has 0 aliphatic heterocycles. The van der Waals surface area contributed by atoms with E-state index in [1.807, 2.05) is 24.3 Å². The average Bonchev–Trinajstić information content (AvgIpc) is 3.18. The second-order valence-corrected chi connectivity index (χ2v) is 7.81. The topological polar surface area (TPSA) is 80.9 Å². The summed E-state index contributed by atoms with van der Waals surface area (Å²) in [4.78, 5) is 19.6. The Kier molecular flexibility index (Phi) is 7.66. The number of aryl methyl sites for hydroxylation is 1. The summed E-state index contributed by atoms with van der Waals surface area (Å²) in [6.07, 6.45) is 4.74. The van der Waals surface area contributed by atoms with Crippen LogP contribution in [-0.2, 0) is 18.9 Å². The number of alkyl halides is 2. The minimum atomic E-state index is -3.04. The maximum absolute atomic E-state index is 14.4. The first-order chi connectivity index (χ1) is 15.4. The molecule has 170 valence electrons. The van der Waals surface area contributed by atoms with Crippen molar-refractivity contribution in [2.45, 2.75) is 64.8 Å². The van der Waals surface area contributed by atoms with Gasteiger partial charge in [0.15, 0.2) is 5.69 Å². The van der Waals surface area contributed by atoms with Crippen LogP contribution in [0.15, 0.2) is 42.6 Å². The largest absolute Gasteiger partial charge is 0.476 e. The molecule has 0 unspecified atom stereocenters. The van der Waals surface area contributed by atoms with Crippen LogP contribution in [0.3, 0.4) is 0 Å². The van der Waals surface area contributed by atoms with Gasteiger partial charge >= 0.3 is 11.9 Å². The minimum absolute atomic E-state index is 0.0151. The number of hydrogen-bond acceptors (Lipinski definition) is 4. The normalized spacial score (nSPS) is 11.6. The molecule has 0 fully saturated rings. The number of halogens is 2. The molecule has 0 atom stereocenters. The molecule has 0 amide bonds. The maximum Gasteiger partial charge on any atom is 0.355 e. The van der Waals surface area contributed by atoms with Crippen LogP contribution in [0.25, 0.3) is 11.1 Å². The number of nitrogens with zero attached hydrogens (tertiary/aromatic N) is 4. The first-order valence-electron chi connectivity index (χ1n) is 10.9. The summed E-state index contributed by atoms with van der Waals surface area (Å²) in [7, 11) is 0. The molecule has 8 heteroatoms. The van der Waals surface area contributed by atoms with E-state index in [0.29, 0.717) is 30.8 Å². The molecule has 1 N–H and O–H groups in total. The van der Waals surface area contributed by atoms with Crippen LogP contribution in [0.2, 0.25) is 0 Å². The predicted molar refractivity (Wildman–Crippen MR) is 118 cm³/mol. The van der Waals surface area contributed by atoms with E-state index in [9.17, 15) is 18.7 Å². The van der Waals surface area contributed by atoms with Gasteiger partial charge in [-0.05, 0) is 30.0 Å². The highest BCUT2D eigenvalue weighted by Gasteiger charge is 2.36. The smallest absolute Gasteiger partial charge is 0.355 e. The van der Waals surface area contributed by atoms with Gasteiger partial charge < -0.3 is 5.11 Å². The molecule has 0 aliphatic rings. The number of hydrogen-bond donors (Lipinski definition) is 1. The molecule has 6 nitrogen and oxygen atoms in total. The highest BCUT2D eigenvalue weighted by Crippen LogP contribution is 2.31. The van der Waals surface area contributed by atoms with E-state index in [4.69, 9.17) is 0 Å². The molecule has 0 aliphatic carbocycles. The highest BCUT2D eigenvalue weighted by atomic mass is 19.3. The van der Waals surface area contributed by atoms with Crippen molar-refractivity contribution in [1.29, 1.82) is 0 Å². The van der Waals surface area contributed by atoms with Crippen molar-refractivity contribution in [2.75, 3.05) is 0 Å². The number of benzene rings is 1. The summed E-state index contributed by atoms with van der Waals surface area (Å²) < 4.78 is 30.5. The summed E-state index contributed by atoms with van der Waals surface area (Å²) in [5.74, 6) is -4.04. The van der Waals surface area contributed by atoms with E-state index in [1.165, 1.54) is 6.20 Å². The second-order valence-electron chi connectivity index (χ2n) is 7.81. The average molecular weight is 443 g/mol. The van der Waals surface area contributed by atoms with E-state index in [2.05, 4.69) is 22.0 Å². The lowest BCUT2D eigenvalue weighted by atomic mass is 10.0. The summed E-state index contributed by atoms with van der Waals surface area (Å²) >= 11 is 0. The number of carboxylic acids is 1. The lowest BCUT2D eigenvalue weighted by molar-refractivity contribution is -0.0232. The van der Waals surface area contributed by atoms with Crippen LogP contribution in [0, 0.1) is 0 Å². The zero-order valence-electron chi connectivity index (χ0n) is 18.4. The molecule has 1 aromatic carbocycles. The van der Waals surface area contributed by atoms with Crippen molar-refractivity contribution < 1.29 is 18.7 Å². The SMILES string of the molecule is CCCCCn1nc(C(F)(F)CCC)nc1Cc1ccc(-c2cccnc2C(=O)O)cc1. The van der Waals surface area contributed by atoms with Gasteiger partial charge in [0.05, 0.1) is 0 Å². The van der Waals surface area contributed by atoms with Gasteiger partial charge in [0.1, 0.15) is 5.82 Å². The number of carboxylic acid groups (broad SMARTS) is 1. The lowest BCUT2D eigenvalue weighted by Crippen LogP contribution is -2.15. The number of carbonyl (C=O) groups is 1. The van der Waals surface area contributed by atoms with Crippen LogP contribution in [-0.4, -0.2) is 30.8 Å². The minimum Gasteiger partial charge on any atom is -0.476 e. The van der Waals surface area contributed by atoms with E-state index < -0.39 is 17.7 Å². The quantitative estimate of drug-likeness (QED) is 0.385. The van der Waals surface area contributed by atoms with Crippen LogP contribution in [0.1, 0.15) is 73.7 Å². The molecule has 3 rings (SSSR count). The second kappa shape index (κ2) is 10.4. The predicted octanol–water partition coefficient (Wildman–Crippen LogP) is 5.71. The molecule has 2 heterocycles. The molecule has 0 saturated carbocycles. The van der Waals surface area contributed by atoms with Gasteiger partial charge in [-0.15, -0.1) is 5.10 Å². The number of aromatic nitrogens is 4. The number of pyridine rings is 1. The van der Waals surface area contributed by atoms with Crippen LogP contribution >= 0.6 is 0 Å². The lowest BCUT2D eigenvalue weighted by Gasteiger charge is -2.10. The molecule has 0 radical (unpaired) electrons. The van der Waals surface area contributed by atoms with Crippen LogP contribution in [0.4, 0.5) is 8.78 Å². The Morgan fingerprint density at radius 3 is 2.50 bits per heavy atom. The fourth-order valence-corrected chi connectivity index (χ4v) is 3.57. The zero-order valence-corrected chi connectivity index (χ0v) is 18.4. The third kappa shape index (κ3) is 5.55.